The number of carbonyl (C=O) groups is 1. The summed E-state index contributed by atoms with van der Waals surface area (Å²) in [5.74, 6) is -0.0263. The number of hydrogen-bond acceptors (Lipinski definition) is 3. The van der Waals surface area contributed by atoms with E-state index in [1.807, 2.05) is 0 Å². The number of Topliss-reactive ketones (excluding diaryl/α,β-unsaturated/α-hetero) is 1. The molecule has 0 radical (unpaired) electrons. The number of rotatable bonds is 4. The summed E-state index contributed by atoms with van der Waals surface area (Å²) < 4.78 is 15.0. The normalized spacial score (nSPS) is 13.6. The van der Waals surface area contributed by atoms with Gasteiger partial charge in [0.1, 0.15) is 6.61 Å². The third-order valence-electron chi connectivity index (χ3n) is 1.06. The van der Waals surface area contributed by atoms with E-state index in [0.29, 0.717) is 0 Å². The van der Waals surface area contributed by atoms with Gasteiger partial charge in [0, 0.05) is 12.6 Å². The first-order valence-corrected chi connectivity index (χ1v) is 5.01. The topological polar surface area (TPSA) is 43.4 Å². The lowest BCUT2D eigenvalue weighted by Gasteiger charge is -2.01. The minimum Gasteiger partial charge on any atom is -0.323 e. The average Bonchev–Trinajstić information content (AvgIpc) is 1.82. The highest BCUT2D eigenvalue weighted by atomic mass is 31.1. The van der Waals surface area contributed by atoms with E-state index in [4.69, 9.17) is 0 Å². The summed E-state index contributed by atoms with van der Waals surface area (Å²) in [5, 5.41) is 0. The largest absolute Gasteiger partial charge is 0.323 e. The van der Waals surface area contributed by atoms with E-state index in [-0.39, 0.29) is 18.3 Å². The van der Waals surface area contributed by atoms with Gasteiger partial charge in [-0.15, -0.1) is 0 Å². The SMILES string of the molecule is CC(C)C(=O)CO[PH](C)=O. The predicted octanol–water partition coefficient (Wildman–Crippen LogP) is 1.33. The van der Waals surface area contributed by atoms with Crippen molar-refractivity contribution in [2.45, 2.75) is 13.8 Å². The Morgan fingerprint density at radius 1 is 1.60 bits per heavy atom. The van der Waals surface area contributed by atoms with Crippen molar-refractivity contribution in [1.82, 2.24) is 0 Å². The van der Waals surface area contributed by atoms with Gasteiger partial charge >= 0.3 is 0 Å². The first-order valence-electron chi connectivity index (χ1n) is 3.20. The zero-order valence-corrected chi connectivity index (χ0v) is 7.51. The van der Waals surface area contributed by atoms with Gasteiger partial charge in [0.05, 0.1) is 0 Å². The van der Waals surface area contributed by atoms with Crippen LogP contribution in [0.1, 0.15) is 13.8 Å². The smallest absolute Gasteiger partial charge is 0.189 e. The standard InChI is InChI=1S/C6H13O3P/c1-5(2)6(7)4-9-10(3)8/h5,10H,4H2,1-3H3. The van der Waals surface area contributed by atoms with Crippen LogP contribution >= 0.6 is 8.03 Å². The first-order chi connectivity index (χ1) is 4.54. The molecule has 0 bridgehead atoms. The Balaban J connectivity index is 3.50. The molecule has 0 fully saturated rings. The molecule has 1 atom stereocenters. The van der Waals surface area contributed by atoms with Gasteiger partial charge in [-0.2, -0.15) is 0 Å². The first kappa shape index (κ1) is 9.86. The van der Waals surface area contributed by atoms with Crippen LogP contribution in [0.15, 0.2) is 0 Å². The lowest BCUT2D eigenvalue weighted by atomic mass is 10.1. The van der Waals surface area contributed by atoms with Gasteiger partial charge in [0.15, 0.2) is 13.8 Å². The maximum Gasteiger partial charge on any atom is 0.189 e. The monoisotopic (exact) mass is 164 g/mol. The van der Waals surface area contributed by atoms with Crippen LogP contribution in [-0.4, -0.2) is 19.1 Å². The Morgan fingerprint density at radius 3 is 2.40 bits per heavy atom. The zero-order chi connectivity index (χ0) is 8.15. The number of hydrogen-bond donors (Lipinski definition) is 0. The molecule has 0 saturated carbocycles. The molecule has 0 rings (SSSR count). The maximum absolute atomic E-state index is 10.8. The van der Waals surface area contributed by atoms with Crippen LogP contribution in [0.2, 0.25) is 0 Å². The predicted molar refractivity (Wildman–Crippen MR) is 40.7 cm³/mol. The molecule has 0 N–H and O–H groups in total. The van der Waals surface area contributed by atoms with Crippen molar-refractivity contribution < 1.29 is 13.9 Å². The van der Waals surface area contributed by atoms with E-state index >= 15 is 0 Å². The molecule has 0 aromatic heterocycles. The second-order valence-corrected chi connectivity index (χ2v) is 3.67. The maximum atomic E-state index is 10.8. The molecule has 0 aromatic rings. The zero-order valence-electron chi connectivity index (χ0n) is 6.51. The highest BCUT2D eigenvalue weighted by Gasteiger charge is 2.06. The lowest BCUT2D eigenvalue weighted by molar-refractivity contribution is -0.123. The van der Waals surface area contributed by atoms with Crippen molar-refractivity contribution in [3.05, 3.63) is 0 Å². The third kappa shape index (κ3) is 4.71. The Morgan fingerprint density at radius 2 is 2.10 bits per heavy atom. The average molecular weight is 164 g/mol. The van der Waals surface area contributed by atoms with Crippen LogP contribution in [0.25, 0.3) is 0 Å². The van der Waals surface area contributed by atoms with Crippen molar-refractivity contribution in [2.24, 2.45) is 5.92 Å². The molecule has 10 heavy (non-hydrogen) atoms. The molecule has 3 nitrogen and oxygen atoms in total. The van der Waals surface area contributed by atoms with E-state index in [9.17, 15) is 9.36 Å². The van der Waals surface area contributed by atoms with Crippen molar-refractivity contribution >= 4 is 13.8 Å². The fourth-order valence-corrected chi connectivity index (χ4v) is 0.685. The van der Waals surface area contributed by atoms with Crippen LogP contribution in [-0.2, 0) is 13.9 Å². The quantitative estimate of drug-likeness (QED) is 0.589. The minimum atomic E-state index is -1.93. The number of carbonyl (C=O) groups excluding carboxylic acids is 1. The van der Waals surface area contributed by atoms with Crippen LogP contribution in [0.5, 0.6) is 0 Å². The van der Waals surface area contributed by atoms with Gasteiger partial charge in [-0.25, -0.2) is 0 Å². The summed E-state index contributed by atoms with van der Waals surface area (Å²) >= 11 is 0. The Bertz CT molecular complexity index is 142. The molecular weight excluding hydrogens is 151 g/mol. The highest BCUT2D eigenvalue weighted by molar-refractivity contribution is 7.38. The summed E-state index contributed by atoms with van der Waals surface area (Å²) in [7, 11) is -1.93. The highest BCUT2D eigenvalue weighted by Crippen LogP contribution is 2.15. The summed E-state index contributed by atoms with van der Waals surface area (Å²) in [5.41, 5.74) is 0. The molecule has 1 unspecified atom stereocenters. The lowest BCUT2D eigenvalue weighted by Crippen LogP contribution is -2.12. The van der Waals surface area contributed by atoms with Gasteiger partial charge in [0.2, 0.25) is 0 Å². The van der Waals surface area contributed by atoms with Crippen molar-refractivity contribution in [2.75, 3.05) is 13.3 Å². The molecule has 60 valence electrons. The van der Waals surface area contributed by atoms with Crippen molar-refractivity contribution in [1.29, 1.82) is 0 Å². The second-order valence-electron chi connectivity index (χ2n) is 2.40. The third-order valence-corrected chi connectivity index (χ3v) is 1.61. The summed E-state index contributed by atoms with van der Waals surface area (Å²) in [6, 6.07) is 0. The molecule has 0 aromatic carbocycles. The van der Waals surface area contributed by atoms with Crippen LogP contribution in [0.4, 0.5) is 0 Å². The summed E-state index contributed by atoms with van der Waals surface area (Å²) in [6.45, 7) is 5.04. The Hall–Kier alpha value is -0.140. The van der Waals surface area contributed by atoms with Crippen molar-refractivity contribution in [3.8, 4) is 0 Å². The van der Waals surface area contributed by atoms with Gasteiger partial charge < -0.3 is 4.52 Å². The molecule has 0 heterocycles. The van der Waals surface area contributed by atoms with Crippen LogP contribution < -0.4 is 0 Å². The van der Waals surface area contributed by atoms with E-state index in [1.165, 1.54) is 6.66 Å². The fraction of sp³-hybridized carbons (Fsp3) is 0.833. The molecule has 0 aliphatic heterocycles. The van der Waals surface area contributed by atoms with E-state index in [0.717, 1.165) is 0 Å². The van der Waals surface area contributed by atoms with E-state index in [1.54, 1.807) is 13.8 Å². The molecular formula is C6H13O3P. The Kier molecular flexibility index (Phi) is 4.58. The van der Waals surface area contributed by atoms with Crippen LogP contribution in [0, 0.1) is 5.92 Å². The van der Waals surface area contributed by atoms with Gasteiger partial charge in [0.25, 0.3) is 0 Å². The van der Waals surface area contributed by atoms with Gasteiger partial charge in [-0.05, 0) is 0 Å². The molecule has 0 amide bonds. The summed E-state index contributed by atoms with van der Waals surface area (Å²) in [4.78, 5) is 10.8. The van der Waals surface area contributed by atoms with E-state index in [2.05, 4.69) is 4.52 Å². The second kappa shape index (κ2) is 4.64. The molecule has 0 aliphatic rings. The molecule has 0 spiro atoms. The number of ketones is 1. The molecule has 0 aliphatic carbocycles. The Labute approximate surface area is 61.6 Å². The van der Waals surface area contributed by atoms with Gasteiger partial charge in [-0.3, -0.25) is 9.36 Å². The van der Waals surface area contributed by atoms with E-state index < -0.39 is 8.03 Å². The molecule has 4 heteroatoms. The summed E-state index contributed by atoms with van der Waals surface area (Å²) in [6.07, 6.45) is 0. The van der Waals surface area contributed by atoms with Gasteiger partial charge in [-0.1, -0.05) is 13.8 Å². The molecule has 0 saturated heterocycles. The fourth-order valence-electron chi connectivity index (χ4n) is 0.339. The van der Waals surface area contributed by atoms with Crippen molar-refractivity contribution in [3.63, 3.8) is 0 Å². The van der Waals surface area contributed by atoms with Crippen LogP contribution in [0.3, 0.4) is 0 Å². The minimum absolute atomic E-state index is 0.000185.